The van der Waals surface area contributed by atoms with Crippen LogP contribution in [0, 0.1) is 0 Å². The zero-order chi connectivity index (χ0) is 17.2. The van der Waals surface area contributed by atoms with E-state index in [2.05, 4.69) is 15.5 Å². The lowest BCUT2D eigenvalue weighted by Gasteiger charge is -2.26. The first-order chi connectivity index (χ1) is 11.7. The molecule has 1 aromatic carbocycles. The number of amides is 2. The van der Waals surface area contributed by atoms with Crippen LogP contribution < -0.4 is 15.4 Å². The van der Waals surface area contributed by atoms with E-state index in [9.17, 15) is 9.59 Å². The van der Waals surface area contributed by atoms with Gasteiger partial charge in [-0.2, -0.15) is 0 Å². The van der Waals surface area contributed by atoms with E-state index in [4.69, 9.17) is 9.47 Å². The molecule has 0 radical (unpaired) electrons. The Balaban J connectivity index is 1.65. The Bertz CT molecular complexity index is 527. The molecule has 1 saturated heterocycles. The molecule has 0 spiro atoms. The minimum absolute atomic E-state index is 0.479. The second-order valence-electron chi connectivity index (χ2n) is 5.47. The molecule has 2 rings (SSSR count). The molecule has 1 aromatic rings. The fourth-order valence-corrected chi connectivity index (χ4v) is 2.40. The van der Waals surface area contributed by atoms with Gasteiger partial charge in [-0.3, -0.25) is 14.5 Å². The van der Waals surface area contributed by atoms with Crippen molar-refractivity contribution in [3.8, 4) is 5.75 Å². The highest BCUT2D eigenvalue weighted by molar-refractivity contribution is 6.39. The molecule has 132 valence electrons. The molecule has 2 N–H and O–H groups in total. The maximum absolute atomic E-state index is 11.8. The zero-order valence-electron chi connectivity index (χ0n) is 14.0. The number of ether oxygens (including phenoxy) is 2. The molecule has 0 bridgehead atoms. The first kappa shape index (κ1) is 18.2. The summed E-state index contributed by atoms with van der Waals surface area (Å²) < 4.78 is 10.6. The molecule has 7 heteroatoms. The van der Waals surface area contributed by atoms with Gasteiger partial charge in [0.25, 0.3) is 0 Å². The molecule has 1 aliphatic heterocycles. The van der Waals surface area contributed by atoms with Gasteiger partial charge in [-0.1, -0.05) is 0 Å². The average molecular weight is 335 g/mol. The molecule has 0 aliphatic carbocycles. The van der Waals surface area contributed by atoms with Crippen LogP contribution in [0.3, 0.4) is 0 Å². The Morgan fingerprint density at radius 1 is 1.17 bits per heavy atom. The predicted octanol–water partition coefficient (Wildman–Crippen LogP) is 0.862. The van der Waals surface area contributed by atoms with Crippen LogP contribution in [0.25, 0.3) is 0 Å². The lowest BCUT2D eigenvalue weighted by atomic mass is 10.3. The van der Waals surface area contributed by atoms with Gasteiger partial charge in [0.15, 0.2) is 0 Å². The average Bonchev–Trinajstić information content (AvgIpc) is 2.61. The SMILES string of the molecule is CCOc1ccc(NC(=O)C(=O)NCCCN2CCOCC2)cc1. The molecular weight excluding hydrogens is 310 g/mol. The number of hydrogen-bond acceptors (Lipinski definition) is 5. The number of morpholine rings is 1. The highest BCUT2D eigenvalue weighted by Gasteiger charge is 2.14. The quantitative estimate of drug-likeness (QED) is 0.571. The van der Waals surface area contributed by atoms with E-state index >= 15 is 0 Å². The Morgan fingerprint density at radius 2 is 1.88 bits per heavy atom. The van der Waals surface area contributed by atoms with Crippen molar-refractivity contribution in [2.24, 2.45) is 0 Å². The second-order valence-corrected chi connectivity index (χ2v) is 5.47. The lowest BCUT2D eigenvalue weighted by molar-refractivity contribution is -0.136. The van der Waals surface area contributed by atoms with Gasteiger partial charge < -0.3 is 20.1 Å². The summed E-state index contributed by atoms with van der Waals surface area (Å²) in [6, 6.07) is 6.90. The van der Waals surface area contributed by atoms with Crippen LogP contribution in [-0.2, 0) is 14.3 Å². The molecular formula is C17H25N3O4. The van der Waals surface area contributed by atoms with E-state index in [-0.39, 0.29) is 0 Å². The number of benzene rings is 1. The van der Waals surface area contributed by atoms with Crippen molar-refractivity contribution >= 4 is 17.5 Å². The molecule has 0 saturated carbocycles. The zero-order valence-corrected chi connectivity index (χ0v) is 14.0. The third kappa shape index (κ3) is 6.17. The number of carbonyl (C=O) groups is 2. The maximum Gasteiger partial charge on any atom is 0.313 e. The summed E-state index contributed by atoms with van der Waals surface area (Å²) in [5, 5.41) is 5.21. The fourth-order valence-electron chi connectivity index (χ4n) is 2.40. The summed E-state index contributed by atoms with van der Waals surface area (Å²) in [5.41, 5.74) is 0.562. The van der Waals surface area contributed by atoms with Crippen molar-refractivity contribution in [3.05, 3.63) is 24.3 Å². The molecule has 1 fully saturated rings. The highest BCUT2D eigenvalue weighted by atomic mass is 16.5. The van der Waals surface area contributed by atoms with Crippen molar-refractivity contribution in [1.29, 1.82) is 0 Å². The number of anilines is 1. The van der Waals surface area contributed by atoms with Gasteiger partial charge in [-0.25, -0.2) is 0 Å². The third-order valence-electron chi connectivity index (χ3n) is 3.67. The first-order valence-corrected chi connectivity index (χ1v) is 8.31. The van der Waals surface area contributed by atoms with Gasteiger partial charge in [0.1, 0.15) is 5.75 Å². The minimum atomic E-state index is -0.662. The Morgan fingerprint density at radius 3 is 2.54 bits per heavy atom. The normalized spacial score (nSPS) is 14.9. The fraction of sp³-hybridized carbons (Fsp3) is 0.529. The standard InChI is InChI=1S/C17H25N3O4/c1-2-24-15-6-4-14(5-7-15)19-17(22)16(21)18-8-3-9-20-10-12-23-13-11-20/h4-7H,2-3,8-13H2,1H3,(H,18,21)(H,19,22). The summed E-state index contributed by atoms with van der Waals surface area (Å²) >= 11 is 0. The molecule has 0 atom stereocenters. The predicted molar refractivity (Wildman–Crippen MR) is 91.1 cm³/mol. The number of nitrogens with zero attached hydrogens (tertiary/aromatic N) is 1. The Kier molecular flexibility index (Phi) is 7.51. The van der Waals surface area contributed by atoms with Crippen molar-refractivity contribution < 1.29 is 19.1 Å². The van der Waals surface area contributed by atoms with Gasteiger partial charge in [-0.05, 0) is 44.2 Å². The summed E-state index contributed by atoms with van der Waals surface area (Å²) in [7, 11) is 0. The topological polar surface area (TPSA) is 79.9 Å². The minimum Gasteiger partial charge on any atom is -0.494 e. The van der Waals surface area contributed by atoms with Crippen molar-refractivity contribution in [3.63, 3.8) is 0 Å². The van der Waals surface area contributed by atoms with Gasteiger partial charge in [0.2, 0.25) is 0 Å². The van der Waals surface area contributed by atoms with Crippen LogP contribution in [0.15, 0.2) is 24.3 Å². The van der Waals surface area contributed by atoms with Crippen molar-refractivity contribution in [2.75, 3.05) is 51.3 Å². The van der Waals surface area contributed by atoms with E-state index in [1.807, 2.05) is 6.92 Å². The number of carbonyl (C=O) groups excluding carboxylic acids is 2. The monoisotopic (exact) mass is 335 g/mol. The smallest absolute Gasteiger partial charge is 0.313 e. The third-order valence-corrected chi connectivity index (χ3v) is 3.67. The molecule has 0 unspecified atom stereocenters. The summed E-state index contributed by atoms with van der Waals surface area (Å²) in [6.07, 6.45) is 0.808. The van der Waals surface area contributed by atoms with Crippen molar-refractivity contribution in [1.82, 2.24) is 10.2 Å². The number of rotatable bonds is 7. The van der Waals surface area contributed by atoms with E-state index in [1.54, 1.807) is 24.3 Å². The lowest BCUT2D eigenvalue weighted by Crippen LogP contribution is -2.39. The van der Waals surface area contributed by atoms with E-state index < -0.39 is 11.8 Å². The summed E-state index contributed by atoms with van der Waals surface area (Å²) in [4.78, 5) is 25.9. The van der Waals surface area contributed by atoms with Crippen LogP contribution in [-0.4, -0.2) is 62.7 Å². The first-order valence-electron chi connectivity index (χ1n) is 8.31. The molecule has 0 aromatic heterocycles. The van der Waals surface area contributed by atoms with Crippen LogP contribution in [0.2, 0.25) is 0 Å². The largest absolute Gasteiger partial charge is 0.494 e. The van der Waals surface area contributed by atoms with Gasteiger partial charge in [0.05, 0.1) is 19.8 Å². The van der Waals surface area contributed by atoms with Crippen molar-refractivity contribution in [2.45, 2.75) is 13.3 Å². The van der Waals surface area contributed by atoms with Gasteiger partial charge in [-0.15, -0.1) is 0 Å². The van der Waals surface area contributed by atoms with Gasteiger partial charge >= 0.3 is 11.8 Å². The second kappa shape index (κ2) is 9.89. The van der Waals surface area contributed by atoms with E-state index in [0.29, 0.717) is 18.8 Å². The maximum atomic E-state index is 11.8. The van der Waals surface area contributed by atoms with E-state index in [1.165, 1.54) is 0 Å². The van der Waals surface area contributed by atoms with Crippen LogP contribution in [0.1, 0.15) is 13.3 Å². The van der Waals surface area contributed by atoms with Crippen LogP contribution in [0.5, 0.6) is 5.75 Å². The number of nitrogens with one attached hydrogen (secondary N) is 2. The summed E-state index contributed by atoms with van der Waals surface area (Å²) in [5.74, 6) is -0.556. The van der Waals surface area contributed by atoms with Crippen LogP contribution in [0.4, 0.5) is 5.69 Å². The Hall–Kier alpha value is -2.12. The molecule has 7 nitrogen and oxygen atoms in total. The van der Waals surface area contributed by atoms with Crippen LogP contribution >= 0.6 is 0 Å². The number of hydrogen-bond donors (Lipinski definition) is 2. The van der Waals surface area contributed by atoms with Gasteiger partial charge in [0, 0.05) is 25.3 Å². The molecule has 2 amide bonds. The molecule has 1 heterocycles. The Labute approximate surface area is 142 Å². The molecule has 24 heavy (non-hydrogen) atoms. The summed E-state index contributed by atoms with van der Waals surface area (Å²) in [6.45, 7) is 7.22. The highest BCUT2D eigenvalue weighted by Crippen LogP contribution is 2.15. The molecule has 1 aliphatic rings. The van der Waals surface area contributed by atoms with E-state index in [0.717, 1.165) is 45.0 Å².